The van der Waals surface area contributed by atoms with Crippen LogP contribution < -0.4 is 5.32 Å². The third-order valence-corrected chi connectivity index (χ3v) is 6.45. The first-order valence-electron chi connectivity index (χ1n) is 11.3. The Morgan fingerprint density at radius 2 is 1.79 bits per heavy atom. The maximum atomic E-state index is 9.41. The predicted molar refractivity (Wildman–Crippen MR) is 130 cm³/mol. The molecule has 1 aliphatic carbocycles. The largest absolute Gasteiger partial charge is 0.340 e. The van der Waals surface area contributed by atoms with Crippen LogP contribution in [-0.2, 0) is 5.41 Å². The molecule has 0 amide bonds. The van der Waals surface area contributed by atoms with Gasteiger partial charge in [-0.05, 0) is 75.1 Å². The van der Waals surface area contributed by atoms with Crippen molar-refractivity contribution in [2.75, 3.05) is 5.32 Å². The highest BCUT2D eigenvalue weighted by Crippen LogP contribution is 2.37. The first-order valence-corrected chi connectivity index (χ1v) is 11.3. The van der Waals surface area contributed by atoms with Crippen molar-refractivity contribution in [3.63, 3.8) is 0 Å². The zero-order valence-electron chi connectivity index (χ0n) is 19.1. The highest BCUT2D eigenvalue weighted by Gasteiger charge is 2.24. The van der Waals surface area contributed by atoms with Crippen molar-refractivity contribution in [2.24, 2.45) is 0 Å². The van der Waals surface area contributed by atoms with E-state index in [0.717, 1.165) is 58.1 Å². The van der Waals surface area contributed by atoms with Gasteiger partial charge in [0.05, 0.1) is 28.3 Å². The summed E-state index contributed by atoms with van der Waals surface area (Å²) in [5, 5.41) is 13.7. The van der Waals surface area contributed by atoms with E-state index >= 15 is 0 Å². The van der Waals surface area contributed by atoms with Gasteiger partial charge in [-0.2, -0.15) is 5.26 Å². The van der Waals surface area contributed by atoms with Gasteiger partial charge < -0.3 is 5.32 Å². The molecule has 0 bridgehead atoms. The van der Waals surface area contributed by atoms with Crippen LogP contribution in [0.15, 0.2) is 54.7 Å². The summed E-state index contributed by atoms with van der Waals surface area (Å²) < 4.78 is 0. The van der Waals surface area contributed by atoms with Crippen molar-refractivity contribution in [3.8, 4) is 17.5 Å². The molecule has 33 heavy (non-hydrogen) atoms. The van der Waals surface area contributed by atoms with Crippen molar-refractivity contribution in [2.45, 2.75) is 51.4 Å². The molecule has 164 valence electrons. The van der Waals surface area contributed by atoms with Gasteiger partial charge in [-0.25, -0.2) is 15.0 Å². The van der Waals surface area contributed by atoms with Crippen molar-refractivity contribution in [1.82, 2.24) is 19.9 Å². The molecule has 1 saturated carbocycles. The molecule has 4 aromatic rings. The van der Waals surface area contributed by atoms with Gasteiger partial charge >= 0.3 is 0 Å². The molecule has 5 rings (SSSR count). The number of pyridine rings is 2. The predicted octanol–water partition coefficient (Wildman–Crippen LogP) is 6.21. The van der Waals surface area contributed by atoms with Crippen LogP contribution in [0.1, 0.15) is 56.0 Å². The Hall–Kier alpha value is -3.85. The molecule has 3 heterocycles. The lowest BCUT2D eigenvalue weighted by Crippen LogP contribution is -2.14. The Kier molecular flexibility index (Phi) is 5.26. The number of anilines is 2. The van der Waals surface area contributed by atoms with Crippen LogP contribution in [0.25, 0.3) is 22.4 Å². The van der Waals surface area contributed by atoms with Crippen LogP contribution in [0.3, 0.4) is 0 Å². The zero-order chi connectivity index (χ0) is 23.0. The first-order chi connectivity index (χ1) is 15.9. The summed E-state index contributed by atoms with van der Waals surface area (Å²) in [5.41, 5.74) is 4.81. The van der Waals surface area contributed by atoms with E-state index in [2.05, 4.69) is 16.4 Å². The molecule has 0 aliphatic heterocycles. The number of aryl methyl sites for hydroxylation is 1. The number of rotatable bonds is 5. The minimum atomic E-state index is -0.526. The Morgan fingerprint density at radius 3 is 2.45 bits per heavy atom. The van der Waals surface area contributed by atoms with Crippen molar-refractivity contribution < 1.29 is 0 Å². The molecule has 3 aromatic heterocycles. The minimum Gasteiger partial charge on any atom is -0.340 e. The Morgan fingerprint density at radius 1 is 1.00 bits per heavy atom. The molecule has 0 atom stereocenters. The standard InChI is InChI=1S/C27H26N6/c1-17-6-5-15-29-23(17)22-14-13-21-25(32-24(18-7-4-8-18)33-26(21)31-22)30-20-11-9-19(10-12-20)27(2,3)16-28/h5-6,9-15,18H,4,7-8H2,1-3H3,(H,30,31,32,33). The molecule has 1 aromatic carbocycles. The summed E-state index contributed by atoms with van der Waals surface area (Å²) in [4.78, 5) is 19.1. The molecular formula is C27H26N6. The molecule has 6 nitrogen and oxygen atoms in total. The lowest BCUT2D eigenvalue weighted by molar-refractivity contribution is 0.402. The Balaban J connectivity index is 1.56. The molecule has 1 aliphatic rings. The number of aromatic nitrogens is 4. The van der Waals surface area contributed by atoms with Crippen LogP contribution in [-0.4, -0.2) is 19.9 Å². The summed E-state index contributed by atoms with van der Waals surface area (Å²) in [5.74, 6) is 1.99. The van der Waals surface area contributed by atoms with E-state index in [4.69, 9.17) is 15.0 Å². The third kappa shape index (κ3) is 4.03. The van der Waals surface area contributed by atoms with Gasteiger partial charge in [-0.1, -0.05) is 24.6 Å². The maximum absolute atomic E-state index is 9.41. The van der Waals surface area contributed by atoms with Crippen LogP contribution in [0, 0.1) is 18.3 Å². The van der Waals surface area contributed by atoms with Gasteiger partial charge in [0, 0.05) is 17.8 Å². The molecule has 0 unspecified atom stereocenters. The summed E-state index contributed by atoms with van der Waals surface area (Å²) in [6.45, 7) is 5.88. The Bertz CT molecular complexity index is 1360. The summed E-state index contributed by atoms with van der Waals surface area (Å²) in [6, 6.07) is 18.3. The monoisotopic (exact) mass is 434 g/mol. The molecule has 1 N–H and O–H groups in total. The van der Waals surface area contributed by atoms with E-state index in [1.807, 2.05) is 69.3 Å². The number of nitriles is 1. The Labute approximate surface area is 193 Å². The van der Waals surface area contributed by atoms with Crippen molar-refractivity contribution in [3.05, 3.63) is 71.7 Å². The van der Waals surface area contributed by atoms with Gasteiger partial charge in [0.25, 0.3) is 0 Å². The number of hydrogen-bond donors (Lipinski definition) is 1. The lowest BCUT2D eigenvalue weighted by Gasteiger charge is -2.24. The van der Waals surface area contributed by atoms with E-state index in [9.17, 15) is 5.26 Å². The van der Waals surface area contributed by atoms with E-state index < -0.39 is 5.41 Å². The number of hydrogen-bond acceptors (Lipinski definition) is 6. The second-order valence-electron chi connectivity index (χ2n) is 9.23. The number of nitrogens with zero attached hydrogens (tertiary/aromatic N) is 5. The van der Waals surface area contributed by atoms with E-state index in [-0.39, 0.29) is 0 Å². The van der Waals surface area contributed by atoms with Gasteiger partial charge in [0.2, 0.25) is 0 Å². The number of fused-ring (bicyclic) bond motifs is 1. The van der Waals surface area contributed by atoms with Crippen molar-refractivity contribution >= 4 is 22.5 Å². The van der Waals surface area contributed by atoms with Gasteiger partial charge in [-0.3, -0.25) is 4.98 Å². The summed E-state index contributed by atoms with van der Waals surface area (Å²) >= 11 is 0. The third-order valence-electron chi connectivity index (χ3n) is 6.45. The average molecular weight is 435 g/mol. The van der Waals surface area contributed by atoms with Crippen LogP contribution >= 0.6 is 0 Å². The van der Waals surface area contributed by atoms with Gasteiger partial charge in [0.1, 0.15) is 11.6 Å². The van der Waals surface area contributed by atoms with Crippen LogP contribution in [0.4, 0.5) is 11.5 Å². The molecule has 0 saturated heterocycles. The lowest BCUT2D eigenvalue weighted by atomic mass is 9.85. The van der Waals surface area contributed by atoms with Gasteiger partial charge in [0.15, 0.2) is 5.65 Å². The number of nitrogens with one attached hydrogen (secondary N) is 1. The second kappa shape index (κ2) is 8.25. The normalized spacial score (nSPS) is 14.0. The first kappa shape index (κ1) is 21.0. The fraction of sp³-hybridized carbons (Fsp3) is 0.296. The topological polar surface area (TPSA) is 87.4 Å². The summed E-state index contributed by atoms with van der Waals surface area (Å²) in [7, 11) is 0. The average Bonchev–Trinajstić information content (AvgIpc) is 2.78. The maximum Gasteiger partial charge on any atom is 0.165 e. The van der Waals surface area contributed by atoms with Gasteiger partial charge in [-0.15, -0.1) is 0 Å². The van der Waals surface area contributed by atoms with Crippen LogP contribution in [0.2, 0.25) is 0 Å². The fourth-order valence-corrected chi connectivity index (χ4v) is 4.03. The van der Waals surface area contributed by atoms with Crippen molar-refractivity contribution in [1.29, 1.82) is 5.26 Å². The quantitative estimate of drug-likeness (QED) is 0.402. The fourth-order valence-electron chi connectivity index (χ4n) is 4.03. The highest BCUT2D eigenvalue weighted by atomic mass is 15.1. The second-order valence-corrected chi connectivity index (χ2v) is 9.23. The zero-order valence-corrected chi connectivity index (χ0v) is 19.1. The number of benzene rings is 1. The molecule has 1 fully saturated rings. The van der Waals surface area contributed by atoms with E-state index in [0.29, 0.717) is 11.6 Å². The highest BCUT2D eigenvalue weighted by molar-refractivity contribution is 5.90. The van der Waals surface area contributed by atoms with Crippen LogP contribution in [0.5, 0.6) is 0 Å². The molecule has 6 heteroatoms. The SMILES string of the molecule is Cc1cccnc1-c1ccc2c(Nc3ccc(C(C)(C)C#N)cc3)nc(C3CCC3)nc2n1. The summed E-state index contributed by atoms with van der Waals surface area (Å²) in [6.07, 6.45) is 5.23. The van der Waals surface area contributed by atoms with E-state index in [1.165, 1.54) is 6.42 Å². The molecule has 0 radical (unpaired) electrons. The smallest absolute Gasteiger partial charge is 0.165 e. The van der Waals surface area contributed by atoms with E-state index in [1.54, 1.807) is 6.20 Å². The molecular weight excluding hydrogens is 408 g/mol. The molecule has 0 spiro atoms. The minimum absolute atomic E-state index is 0.385.